The smallest absolute Gasteiger partial charge is 0.194 e. The van der Waals surface area contributed by atoms with Crippen LogP contribution in [0.25, 0.3) is 52.6 Å². The fraction of sp³-hybridized carbons (Fsp3) is 0.106. The van der Waals surface area contributed by atoms with E-state index >= 15 is 0 Å². The van der Waals surface area contributed by atoms with Gasteiger partial charge in [-0.05, 0) is 82.9 Å². The molecule has 306 valence electrons. The van der Waals surface area contributed by atoms with Gasteiger partial charge in [0.05, 0.1) is 24.0 Å². The lowest BCUT2D eigenvalue weighted by Gasteiger charge is -2.19. The van der Waals surface area contributed by atoms with E-state index in [1.54, 1.807) is 59.1 Å². The molecule has 8 nitrogen and oxygen atoms in total. The fourth-order valence-electron chi connectivity index (χ4n) is 8.05. The number of benzene rings is 2. The number of Topliss-reactive ketones (excluding diaryl/α,β-unsaturated/α-hetero) is 2. The summed E-state index contributed by atoms with van der Waals surface area (Å²) in [6.45, 7) is 4.23. The van der Waals surface area contributed by atoms with E-state index in [4.69, 9.17) is 9.47 Å². The molecule has 2 aromatic carbocycles. The Balaban J connectivity index is 1.09. The predicted molar refractivity (Wildman–Crippen MR) is 233 cm³/mol. The van der Waals surface area contributed by atoms with Crippen molar-refractivity contribution in [1.29, 1.82) is 21.0 Å². The number of allylic oxidation sites excluding steroid dienone is 6. The molecule has 0 radical (unpaired) electrons. The number of fused-ring (bicyclic) bond motifs is 5. The predicted octanol–water partition coefficient (Wildman–Crippen LogP) is 12.3. The summed E-state index contributed by atoms with van der Waals surface area (Å²) in [6.07, 6.45) is 2.99. The van der Waals surface area contributed by atoms with Gasteiger partial charge >= 0.3 is 0 Å². The SMILES string of the molecule is COc1cc(/C=C2\C(=O)c3cc(F)c(F)cc3C2=C(C#N)C#N)sc1-c1cc2c(s1)-c1sc(-c3sc(/C=C4\C(=O)c5cc(F)c(F)cc5C4=C(C#N)C#N)cc3OC)cc1C2(C)C. The number of carbonyl (C=O) groups is 2. The van der Waals surface area contributed by atoms with Crippen molar-refractivity contribution in [3.63, 3.8) is 0 Å². The fourth-order valence-corrected chi connectivity index (χ4v) is 13.2. The van der Waals surface area contributed by atoms with Gasteiger partial charge in [0.25, 0.3) is 0 Å². The van der Waals surface area contributed by atoms with E-state index < -0.39 is 51.4 Å². The average molecular weight is 911 g/mol. The first-order chi connectivity index (χ1) is 30.2. The molecule has 0 saturated heterocycles. The first-order valence-corrected chi connectivity index (χ1v) is 21.7. The number of halogens is 4. The van der Waals surface area contributed by atoms with Crippen LogP contribution in [0, 0.1) is 68.6 Å². The van der Waals surface area contributed by atoms with Crippen LogP contribution < -0.4 is 9.47 Å². The maximum Gasteiger partial charge on any atom is 0.194 e. The van der Waals surface area contributed by atoms with Crippen LogP contribution >= 0.6 is 45.3 Å². The van der Waals surface area contributed by atoms with Crippen LogP contribution in [0.5, 0.6) is 11.5 Å². The molecule has 0 N–H and O–H groups in total. The van der Waals surface area contributed by atoms with Gasteiger partial charge in [-0.3, -0.25) is 9.59 Å². The molecule has 3 aliphatic rings. The highest BCUT2D eigenvalue weighted by Crippen LogP contribution is 2.60. The third-order valence-corrected chi connectivity index (χ3v) is 16.0. The lowest BCUT2D eigenvalue weighted by molar-refractivity contribution is 0.103. The van der Waals surface area contributed by atoms with Crippen molar-refractivity contribution in [2.45, 2.75) is 19.3 Å². The number of ketones is 2. The Morgan fingerprint density at radius 1 is 0.540 bits per heavy atom. The van der Waals surface area contributed by atoms with Gasteiger partial charge in [0, 0.05) is 68.1 Å². The summed E-state index contributed by atoms with van der Waals surface area (Å²) in [5.41, 5.74) is 0.256. The van der Waals surface area contributed by atoms with E-state index in [-0.39, 0.29) is 44.5 Å². The Bertz CT molecular complexity index is 3180. The summed E-state index contributed by atoms with van der Waals surface area (Å²) in [7, 11) is 3.02. The van der Waals surface area contributed by atoms with Gasteiger partial charge in [-0.2, -0.15) is 21.0 Å². The molecule has 0 bridgehead atoms. The van der Waals surface area contributed by atoms with Gasteiger partial charge in [0.1, 0.15) is 46.9 Å². The number of nitriles is 4. The van der Waals surface area contributed by atoms with Crippen LogP contribution in [-0.2, 0) is 5.41 Å². The van der Waals surface area contributed by atoms with Gasteiger partial charge in [0.15, 0.2) is 34.8 Å². The standard InChI is InChI=1S/C47H22F4N4O4S4/c1-47(2)29-13-37(45-35(58-3)7-21(60-45)5-27-39(19(15-52)16-53)23-9-31(48)33(50)11-25(23)41(27)56)62-43(29)44-30(47)14-38(63-44)46-36(59-4)8-22(61-46)6-28-40(20(17-54)18-55)24-10-32(49)34(51)12-26(24)42(28)57/h5-14H,1-4H3/b27-5-,28-6-. The Morgan fingerprint density at radius 3 is 1.22 bits per heavy atom. The largest absolute Gasteiger partial charge is 0.495 e. The minimum atomic E-state index is -1.23. The highest BCUT2D eigenvalue weighted by molar-refractivity contribution is 7.29. The Morgan fingerprint density at radius 2 is 0.889 bits per heavy atom. The van der Waals surface area contributed by atoms with Crippen molar-refractivity contribution in [2.75, 3.05) is 14.2 Å². The zero-order valence-electron chi connectivity index (χ0n) is 32.8. The first-order valence-electron chi connectivity index (χ1n) is 18.4. The van der Waals surface area contributed by atoms with Crippen LogP contribution in [0.1, 0.15) is 66.6 Å². The van der Waals surface area contributed by atoms with Gasteiger partial charge in [0.2, 0.25) is 0 Å². The average Bonchev–Trinajstić information content (AvgIpc) is 4.13. The maximum atomic E-state index is 14.4. The van der Waals surface area contributed by atoms with Crippen molar-refractivity contribution < 1.29 is 36.6 Å². The highest BCUT2D eigenvalue weighted by Gasteiger charge is 2.41. The molecule has 3 aliphatic carbocycles. The number of rotatable bonds is 6. The minimum Gasteiger partial charge on any atom is -0.495 e. The van der Waals surface area contributed by atoms with E-state index in [0.717, 1.165) is 64.7 Å². The first kappa shape index (κ1) is 41.2. The molecule has 6 aromatic rings. The molecule has 0 atom stereocenters. The molecule has 9 rings (SSSR count). The molecular weight excluding hydrogens is 889 g/mol. The van der Waals surface area contributed by atoms with E-state index in [2.05, 4.69) is 26.0 Å². The van der Waals surface area contributed by atoms with Gasteiger partial charge < -0.3 is 9.47 Å². The van der Waals surface area contributed by atoms with Crippen LogP contribution in [0.4, 0.5) is 17.6 Å². The zero-order chi connectivity index (χ0) is 44.8. The normalized spacial score (nSPS) is 15.4. The second-order valence-electron chi connectivity index (χ2n) is 14.8. The molecule has 0 spiro atoms. The number of nitrogens with zero attached hydrogens (tertiary/aromatic N) is 4. The second-order valence-corrected chi connectivity index (χ2v) is 19.0. The zero-order valence-corrected chi connectivity index (χ0v) is 36.1. The number of hydrogen-bond donors (Lipinski definition) is 0. The quantitative estimate of drug-likeness (QED) is 0.0911. The molecule has 63 heavy (non-hydrogen) atoms. The van der Waals surface area contributed by atoms with E-state index in [1.165, 1.54) is 49.0 Å². The summed E-state index contributed by atoms with van der Waals surface area (Å²) in [5, 5.41) is 39.0. The number of methoxy groups -OCH3 is 2. The monoisotopic (exact) mass is 910 g/mol. The molecule has 0 saturated carbocycles. The molecule has 4 aromatic heterocycles. The Hall–Kier alpha value is -7.18. The second kappa shape index (κ2) is 15.0. The van der Waals surface area contributed by atoms with Crippen molar-refractivity contribution in [3.05, 3.63) is 137 Å². The topological polar surface area (TPSA) is 148 Å². The van der Waals surface area contributed by atoms with Crippen molar-refractivity contribution in [3.8, 4) is 65.0 Å². The molecular formula is C47H22F4N4O4S4. The number of hydrogen-bond acceptors (Lipinski definition) is 12. The maximum absolute atomic E-state index is 14.4. The summed E-state index contributed by atoms with van der Waals surface area (Å²) >= 11 is 5.71. The molecule has 0 unspecified atom stereocenters. The summed E-state index contributed by atoms with van der Waals surface area (Å²) < 4.78 is 68.8. The van der Waals surface area contributed by atoms with Gasteiger partial charge in [-0.1, -0.05) is 13.8 Å². The Kier molecular flexibility index (Phi) is 9.82. The third kappa shape index (κ3) is 6.22. The van der Waals surface area contributed by atoms with E-state index in [0.29, 0.717) is 21.3 Å². The minimum absolute atomic E-state index is 0.0370. The van der Waals surface area contributed by atoms with Crippen molar-refractivity contribution in [2.24, 2.45) is 0 Å². The number of carbonyl (C=O) groups excluding carboxylic acids is 2. The molecule has 16 heteroatoms. The number of thiophene rings is 4. The van der Waals surface area contributed by atoms with Crippen molar-refractivity contribution in [1.82, 2.24) is 0 Å². The molecule has 0 aliphatic heterocycles. The van der Waals surface area contributed by atoms with Gasteiger partial charge in [-0.25, -0.2) is 17.6 Å². The lowest BCUT2D eigenvalue weighted by Crippen LogP contribution is -2.13. The molecule has 0 amide bonds. The van der Waals surface area contributed by atoms with Crippen LogP contribution in [-0.4, -0.2) is 25.8 Å². The summed E-state index contributed by atoms with van der Waals surface area (Å²) in [4.78, 5) is 33.5. The summed E-state index contributed by atoms with van der Waals surface area (Å²) in [5.74, 6) is -5.20. The van der Waals surface area contributed by atoms with Gasteiger partial charge in [-0.15, -0.1) is 45.3 Å². The number of ether oxygens (including phenoxy) is 2. The highest BCUT2D eigenvalue weighted by atomic mass is 32.1. The molecule has 0 fully saturated rings. The van der Waals surface area contributed by atoms with Crippen LogP contribution in [0.2, 0.25) is 0 Å². The lowest BCUT2D eigenvalue weighted by atomic mass is 9.84. The van der Waals surface area contributed by atoms with Crippen LogP contribution in [0.15, 0.2) is 70.8 Å². The Labute approximate surface area is 371 Å². The van der Waals surface area contributed by atoms with E-state index in [9.17, 15) is 48.2 Å². The van der Waals surface area contributed by atoms with E-state index in [1.807, 2.05) is 0 Å². The molecule has 4 heterocycles. The van der Waals surface area contributed by atoms with Crippen molar-refractivity contribution >= 4 is 80.2 Å². The van der Waals surface area contributed by atoms with Crippen LogP contribution in [0.3, 0.4) is 0 Å². The summed E-state index contributed by atoms with van der Waals surface area (Å²) in [6, 6.07) is 17.9. The third-order valence-electron chi connectivity index (χ3n) is 11.0.